The Balaban J connectivity index is 0.000000351. The summed E-state index contributed by atoms with van der Waals surface area (Å²) in [4.78, 5) is 13.0. The third-order valence-corrected chi connectivity index (χ3v) is 3.38. The van der Waals surface area contributed by atoms with Crippen LogP contribution < -0.4 is 9.64 Å². The molecule has 0 aliphatic carbocycles. The molecule has 134 valence electrons. The van der Waals surface area contributed by atoms with Crippen molar-refractivity contribution in [2.45, 2.75) is 33.1 Å². The summed E-state index contributed by atoms with van der Waals surface area (Å²) in [6.45, 7) is 6.15. The lowest BCUT2D eigenvalue weighted by Gasteiger charge is -2.15. The molecule has 24 heavy (non-hydrogen) atoms. The maximum atomic E-state index is 5.51. The van der Waals surface area contributed by atoms with Gasteiger partial charge in [-0.05, 0) is 45.6 Å². The second-order valence-electron chi connectivity index (χ2n) is 6.25. The highest BCUT2D eigenvalue weighted by atomic mass is 16.5. The van der Waals surface area contributed by atoms with Crippen LogP contribution in [0.25, 0.3) is 10.9 Å². The predicted molar refractivity (Wildman–Crippen MR) is 103 cm³/mol. The van der Waals surface area contributed by atoms with E-state index in [2.05, 4.69) is 42.8 Å². The van der Waals surface area contributed by atoms with Crippen LogP contribution in [0.5, 0.6) is 6.01 Å². The highest BCUT2D eigenvalue weighted by Gasteiger charge is 2.09. The van der Waals surface area contributed by atoms with Crippen LogP contribution >= 0.6 is 0 Å². The minimum Gasteiger partial charge on any atom is -0.463 e. The van der Waals surface area contributed by atoms with Crippen molar-refractivity contribution in [2.75, 3.05) is 46.2 Å². The summed E-state index contributed by atoms with van der Waals surface area (Å²) in [6.07, 6.45) is 3.58. The van der Waals surface area contributed by atoms with Gasteiger partial charge in [-0.15, -0.1) is 0 Å². The quantitative estimate of drug-likeness (QED) is 0.771. The van der Waals surface area contributed by atoms with E-state index in [0.29, 0.717) is 12.6 Å². The summed E-state index contributed by atoms with van der Waals surface area (Å²) in [7, 11) is 8.15. The second-order valence-corrected chi connectivity index (χ2v) is 6.25. The maximum Gasteiger partial charge on any atom is 0.318 e. The van der Waals surface area contributed by atoms with E-state index in [0.717, 1.165) is 23.1 Å². The van der Waals surface area contributed by atoms with Gasteiger partial charge in [-0.1, -0.05) is 32.4 Å². The molecule has 1 aromatic carbocycles. The van der Waals surface area contributed by atoms with Crippen LogP contribution in [0.1, 0.15) is 33.1 Å². The first-order chi connectivity index (χ1) is 11.5. The molecule has 0 bridgehead atoms. The molecule has 0 aliphatic heterocycles. The summed E-state index contributed by atoms with van der Waals surface area (Å²) in [6, 6.07) is 8.41. The fourth-order valence-electron chi connectivity index (χ4n) is 2.11. The van der Waals surface area contributed by atoms with E-state index in [4.69, 9.17) is 4.74 Å². The van der Waals surface area contributed by atoms with Crippen LogP contribution in [0.4, 0.5) is 5.82 Å². The Kier molecular flexibility index (Phi) is 9.08. The summed E-state index contributed by atoms with van der Waals surface area (Å²) in [5.74, 6) is 0.890. The summed E-state index contributed by atoms with van der Waals surface area (Å²) >= 11 is 0. The zero-order chi connectivity index (χ0) is 17.9. The molecule has 2 aromatic rings. The van der Waals surface area contributed by atoms with Crippen LogP contribution in [0.15, 0.2) is 24.3 Å². The molecule has 5 nitrogen and oxygen atoms in total. The SMILES string of the molecule is CCCCN(C)C.CCCOc1nc(N(C)C)c2ccccc2n1. The first kappa shape index (κ1) is 20.2. The molecule has 0 atom stereocenters. The Labute approximate surface area is 146 Å². The van der Waals surface area contributed by atoms with Gasteiger partial charge in [-0.25, -0.2) is 0 Å². The van der Waals surface area contributed by atoms with Crippen molar-refractivity contribution < 1.29 is 4.74 Å². The lowest BCUT2D eigenvalue weighted by molar-refractivity contribution is 0.294. The van der Waals surface area contributed by atoms with Crippen molar-refractivity contribution in [3.8, 4) is 6.01 Å². The second kappa shape index (κ2) is 10.8. The predicted octanol–water partition coefficient (Wildman–Crippen LogP) is 3.83. The van der Waals surface area contributed by atoms with Crippen molar-refractivity contribution in [3.63, 3.8) is 0 Å². The van der Waals surface area contributed by atoms with Crippen molar-refractivity contribution in [2.24, 2.45) is 0 Å². The number of nitrogens with zero attached hydrogens (tertiary/aromatic N) is 4. The standard InChI is InChI=1S/C13H17N3O.C6H15N/c1-4-9-17-13-14-11-8-6-5-7-10(11)12(15-13)16(2)3;1-4-5-6-7(2)3/h5-8H,4,9H2,1-3H3;4-6H2,1-3H3. The molecule has 0 spiro atoms. The van der Waals surface area contributed by atoms with E-state index >= 15 is 0 Å². The van der Waals surface area contributed by atoms with E-state index in [9.17, 15) is 0 Å². The third-order valence-electron chi connectivity index (χ3n) is 3.38. The highest BCUT2D eigenvalue weighted by molar-refractivity contribution is 5.89. The average molecular weight is 332 g/mol. The van der Waals surface area contributed by atoms with Crippen LogP contribution in [0.2, 0.25) is 0 Å². The Morgan fingerprint density at radius 3 is 2.21 bits per heavy atom. The van der Waals surface area contributed by atoms with Crippen LogP contribution in [0.3, 0.4) is 0 Å². The number of anilines is 1. The zero-order valence-electron chi connectivity index (χ0n) is 16.0. The van der Waals surface area contributed by atoms with Crippen molar-refractivity contribution in [3.05, 3.63) is 24.3 Å². The van der Waals surface area contributed by atoms with E-state index in [1.165, 1.54) is 19.4 Å². The van der Waals surface area contributed by atoms with E-state index in [-0.39, 0.29) is 0 Å². The third kappa shape index (κ3) is 6.71. The molecule has 1 heterocycles. The number of ether oxygens (including phenoxy) is 1. The molecule has 2 rings (SSSR count). The fourth-order valence-corrected chi connectivity index (χ4v) is 2.11. The molecular formula is C19H32N4O. The molecule has 1 aromatic heterocycles. The first-order valence-electron chi connectivity index (χ1n) is 8.71. The van der Waals surface area contributed by atoms with Gasteiger partial charge in [0, 0.05) is 19.5 Å². The number of aromatic nitrogens is 2. The molecule has 0 saturated carbocycles. The summed E-state index contributed by atoms with van der Waals surface area (Å²) in [5.41, 5.74) is 0.914. The first-order valence-corrected chi connectivity index (χ1v) is 8.71. The summed E-state index contributed by atoms with van der Waals surface area (Å²) in [5, 5.41) is 1.04. The normalized spacial score (nSPS) is 10.5. The largest absolute Gasteiger partial charge is 0.463 e. The fraction of sp³-hybridized carbons (Fsp3) is 0.579. The number of hydrogen-bond donors (Lipinski definition) is 0. The van der Waals surface area contributed by atoms with Gasteiger partial charge in [0.15, 0.2) is 0 Å². The topological polar surface area (TPSA) is 41.5 Å². The Morgan fingerprint density at radius 1 is 0.958 bits per heavy atom. The Hall–Kier alpha value is -1.88. The molecule has 0 fully saturated rings. The molecule has 0 aliphatic rings. The monoisotopic (exact) mass is 332 g/mol. The van der Waals surface area contributed by atoms with Crippen LogP contribution in [-0.2, 0) is 0 Å². The number of para-hydroxylation sites is 1. The molecule has 0 saturated heterocycles. The number of fused-ring (bicyclic) bond motifs is 1. The minimum atomic E-state index is 0.453. The van der Waals surface area contributed by atoms with Crippen LogP contribution in [-0.4, -0.2) is 56.2 Å². The maximum absolute atomic E-state index is 5.51. The van der Waals surface area contributed by atoms with Gasteiger partial charge >= 0.3 is 6.01 Å². The lowest BCUT2D eigenvalue weighted by Crippen LogP contribution is -2.13. The molecule has 0 radical (unpaired) electrons. The van der Waals surface area contributed by atoms with Gasteiger partial charge in [0.2, 0.25) is 0 Å². The van der Waals surface area contributed by atoms with Gasteiger partial charge in [-0.2, -0.15) is 9.97 Å². The van der Waals surface area contributed by atoms with Gasteiger partial charge in [-0.3, -0.25) is 0 Å². The molecule has 0 unspecified atom stereocenters. The smallest absolute Gasteiger partial charge is 0.318 e. The number of benzene rings is 1. The average Bonchev–Trinajstić information content (AvgIpc) is 2.57. The Bertz CT molecular complexity index is 599. The van der Waals surface area contributed by atoms with Crippen molar-refractivity contribution >= 4 is 16.7 Å². The van der Waals surface area contributed by atoms with Gasteiger partial charge in [0.05, 0.1) is 12.1 Å². The van der Waals surface area contributed by atoms with Gasteiger partial charge < -0.3 is 14.5 Å². The Morgan fingerprint density at radius 2 is 1.67 bits per heavy atom. The van der Waals surface area contributed by atoms with Crippen LogP contribution in [0, 0.1) is 0 Å². The van der Waals surface area contributed by atoms with E-state index in [1.54, 1.807) is 0 Å². The zero-order valence-corrected chi connectivity index (χ0v) is 16.0. The minimum absolute atomic E-state index is 0.453. The molecule has 0 N–H and O–H groups in total. The number of unbranched alkanes of at least 4 members (excludes halogenated alkanes) is 1. The van der Waals surface area contributed by atoms with Gasteiger partial charge in [0.25, 0.3) is 0 Å². The van der Waals surface area contributed by atoms with Crippen molar-refractivity contribution in [1.82, 2.24) is 14.9 Å². The highest BCUT2D eigenvalue weighted by Crippen LogP contribution is 2.24. The molecule has 0 amide bonds. The summed E-state index contributed by atoms with van der Waals surface area (Å²) < 4.78 is 5.51. The number of rotatable bonds is 7. The van der Waals surface area contributed by atoms with E-state index in [1.807, 2.05) is 43.3 Å². The lowest BCUT2D eigenvalue weighted by atomic mass is 10.2. The van der Waals surface area contributed by atoms with Crippen molar-refractivity contribution in [1.29, 1.82) is 0 Å². The molecule has 5 heteroatoms. The van der Waals surface area contributed by atoms with E-state index < -0.39 is 0 Å². The van der Waals surface area contributed by atoms with Gasteiger partial charge in [0.1, 0.15) is 5.82 Å². The number of hydrogen-bond acceptors (Lipinski definition) is 5. The molecular weight excluding hydrogens is 300 g/mol.